The summed E-state index contributed by atoms with van der Waals surface area (Å²) in [7, 11) is 0. The molecule has 0 bridgehead atoms. The van der Waals surface area contributed by atoms with E-state index >= 15 is 0 Å². The van der Waals surface area contributed by atoms with Crippen LogP contribution in [-0.4, -0.2) is 16.2 Å². The van der Waals surface area contributed by atoms with E-state index in [0.29, 0.717) is 12.2 Å². The Hall–Kier alpha value is -1.29. The minimum Gasteiger partial charge on any atom is -0.481 e. The van der Waals surface area contributed by atoms with Gasteiger partial charge in [-0.05, 0) is 24.0 Å². The molecule has 2 N–H and O–H groups in total. The standard InChI is InChI=1S/C10H12O4/c1-6-4-7-2-3-14-9(7)10(6,13)5-8(11)12/h2-3,6,13H,4-5H2,1H3,(H,11,12). The van der Waals surface area contributed by atoms with Crippen LogP contribution in [0.3, 0.4) is 0 Å². The average Bonchev–Trinajstić information content (AvgIpc) is 2.57. The maximum Gasteiger partial charge on any atom is 0.306 e. The summed E-state index contributed by atoms with van der Waals surface area (Å²) >= 11 is 0. The summed E-state index contributed by atoms with van der Waals surface area (Å²) in [4.78, 5) is 10.6. The van der Waals surface area contributed by atoms with Crippen molar-refractivity contribution in [1.29, 1.82) is 0 Å². The van der Waals surface area contributed by atoms with Crippen molar-refractivity contribution in [2.24, 2.45) is 5.92 Å². The molecule has 2 rings (SSSR count). The van der Waals surface area contributed by atoms with Crippen molar-refractivity contribution in [3.8, 4) is 0 Å². The van der Waals surface area contributed by atoms with E-state index in [4.69, 9.17) is 9.52 Å². The van der Waals surface area contributed by atoms with Gasteiger partial charge < -0.3 is 14.6 Å². The van der Waals surface area contributed by atoms with Gasteiger partial charge in [0.1, 0.15) is 11.4 Å². The van der Waals surface area contributed by atoms with E-state index in [2.05, 4.69) is 0 Å². The molecule has 0 spiro atoms. The molecule has 0 amide bonds. The topological polar surface area (TPSA) is 70.7 Å². The third-order valence-electron chi connectivity index (χ3n) is 2.90. The van der Waals surface area contributed by atoms with Crippen molar-refractivity contribution >= 4 is 5.97 Å². The molecule has 0 fully saturated rings. The Bertz CT molecular complexity index is 368. The molecule has 1 aliphatic rings. The molecule has 1 aromatic heterocycles. The van der Waals surface area contributed by atoms with Crippen LogP contribution in [0.5, 0.6) is 0 Å². The van der Waals surface area contributed by atoms with E-state index < -0.39 is 11.6 Å². The Morgan fingerprint density at radius 3 is 3.14 bits per heavy atom. The first-order valence-electron chi connectivity index (χ1n) is 4.55. The van der Waals surface area contributed by atoms with Gasteiger partial charge in [-0.3, -0.25) is 4.79 Å². The van der Waals surface area contributed by atoms with Crippen LogP contribution in [0.4, 0.5) is 0 Å². The number of carbonyl (C=O) groups is 1. The van der Waals surface area contributed by atoms with Gasteiger partial charge in [0, 0.05) is 0 Å². The largest absolute Gasteiger partial charge is 0.481 e. The van der Waals surface area contributed by atoms with Crippen molar-refractivity contribution in [2.45, 2.75) is 25.4 Å². The summed E-state index contributed by atoms with van der Waals surface area (Å²) in [6.45, 7) is 1.83. The molecule has 2 unspecified atom stereocenters. The Morgan fingerprint density at radius 1 is 1.79 bits per heavy atom. The van der Waals surface area contributed by atoms with Gasteiger partial charge >= 0.3 is 5.97 Å². The van der Waals surface area contributed by atoms with Crippen molar-refractivity contribution in [2.75, 3.05) is 0 Å². The van der Waals surface area contributed by atoms with Crippen LogP contribution in [0, 0.1) is 5.92 Å². The molecular formula is C10H12O4. The molecule has 0 aromatic carbocycles. The van der Waals surface area contributed by atoms with E-state index in [-0.39, 0.29) is 12.3 Å². The highest BCUT2D eigenvalue weighted by Gasteiger charge is 2.47. The van der Waals surface area contributed by atoms with E-state index in [9.17, 15) is 9.90 Å². The number of furan rings is 1. The number of fused-ring (bicyclic) bond motifs is 1. The SMILES string of the molecule is CC1Cc2ccoc2C1(O)CC(=O)O. The summed E-state index contributed by atoms with van der Waals surface area (Å²) in [6.07, 6.45) is 1.87. The van der Waals surface area contributed by atoms with Crippen LogP contribution in [0.25, 0.3) is 0 Å². The zero-order chi connectivity index (χ0) is 10.3. The molecule has 4 heteroatoms. The maximum atomic E-state index is 10.6. The zero-order valence-corrected chi connectivity index (χ0v) is 7.86. The average molecular weight is 196 g/mol. The molecule has 1 aliphatic carbocycles. The lowest BCUT2D eigenvalue weighted by Gasteiger charge is -2.24. The molecule has 0 saturated heterocycles. The van der Waals surface area contributed by atoms with Gasteiger partial charge in [-0.25, -0.2) is 0 Å². The summed E-state index contributed by atoms with van der Waals surface area (Å²) in [5, 5.41) is 18.9. The van der Waals surface area contributed by atoms with Crippen LogP contribution in [0.2, 0.25) is 0 Å². The lowest BCUT2D eigenvalue weighted by molar-refractivity contribution is -0.146. The Labute approximate surface area is 81.2 Å². The predicted octanol–water partition coefficient (Wildman–Crippen LogP) is 1.13. The second-order valence-corrected chi connectivity index (χ2v) is 3.87. The van der Waals surface area contributed by atoms with Gasteiger partial charge in [0.05, 0.1) is 12.7 Å². The van der Waals surface area contributed by atoms with Gasteiger partial charge in [-0.1, -0.05) is 6.92 Å². The Kier molecular flexibility index (Phi) is 1.89. The maximum absolute atomic E-state index is 10.6. The Morgan fingerprint density at radius 2 is 2.50 bits per heavy atom. The smallest absolute Gasteiger partial charge is 0.306 e. The normalized spacial score (nSPS) is 30.3. The molecule has 0 saturated carbocycles. The van der Waals surface area contributed by atoms with Crippen molar-refractivity contribution in [1.82, 2.24) is 0 Å². The fourth-order valence-electron chi connectivity index (χ4n) is 2.08. The van der Waals surface area contributed by atoms with Gasteiger partial charge in [-0.15, -0.1) is 0 Å². The highest BCUT2D eigenvalue weighted by Crippen LogP contribution is 2.44. The minimum atomic E-state index is -1.33. The molecule has 14 heavy (non-hydrogen) atoms. The monoisotopic (exact) mass is 196 g/mol. The van der Waals surface area contributed by atoms with Gasteiger partial charge in [-0.2, -0.15) is 0 Å². The first kappa shape index (κ1) is 9.27. The van der Waals surface area contributed by atoms with Gasteiger partial charge in [0.15, 0.2) is 0 Å². The molecule has 1 heterocycles. The van der Waals surface area contributed by atoms with Crippen LogP contribution in [0.1, 0.15) is 24.7 Å². The van der Waals surface area contributed by atoms with E-state index in [0.717, 1.165) is 5.56 Å². The number of carboxylic acid groups (broad SMARTS) is 1. The third-order valence-corrected chi connectivity index (χ3v) is 2.90. The second kappa shape index (κ2) is 2.85. The molecule has 2 atom stereocenters. The number of aliphatic hydroxyl groups is 1. The summed E-state index contributed by atoms with van der Waals surface area (Å²) in [5.74, 6) is -0.690. The lowest BCUT2D eigenvalue weighted by atomic mass is 9.88. The van der Waals surface area contributed by atoms with Crippen LogP contribution >= 0.6 is 0 Å². The molecule has 1 aromatic rings. The summed E-state index contributed by atoms with van der Waals surface area (Å²) < 4.78 is 5.15. The van der Waals surface area contributed by atoms with E-state index in [1.165, 1.54) is 6.26 Å². The van der Waals surface area contributed by atoms with E-state index in [1.807, 2.05) is 6.92 Å². The number of carboxylic acids is 1. The predicted molar refractivity (Wildman–Crippen MR) is 47.7 cm³/mol. The van der Waals surface area contributed by atoms with Crippen molar-refractivity contribution in [3.05, 3.63) is 23.7 Å². The Balaban J connectivity index is 2.39. The molecular weight excluding hydrogens is 184 g/mol. The zero-order valence-electron chi connectivity index (χ0n) is 7.86. The van der Waals surface area contributed by atoms with Crippen molar-refractivity contribution < 1.29 is 19.4 Å². The lowest BCUT2D eigenvalue weighted by Crippen LogP contribution is -2.32. The van der Waals surface area contributed by atoms with Crippen molar-refractivity contribution in [3.63, 3.8) is 0 Å². The molecule has 0 aliphatic heterocycles. The first-order valence-corrected chi connectivity index (χ1v) is 4.55. The number of rotatable bonds is 2. The van der Waals surface area contributed by atoms with Crippen LogP contribution in [-0.2, 0) is 16.8 Å². The molecule has 0 radical (unpaired) electrons. The fourth-order valence-corrected chi connectivity index (χ4v) is 2.08. The second-order valence-electron chi connectivity index (χ2n) is 3.87. The highest BCUT2D eigenvalue weighted by molar-refractivity contribution is 5.69. The van der Waals surface area contributed by atoms with E-state index in [1.54, 1.807) is 6.07 Å². The van der Waals surface area contributed by atoms with Crippen LogP contribution < -0.4 is 0 Å². The number of aliphatic carboxylic acids is 1. The summed E-state index contributed by atoms with van der Waals surface area (Å²) in [5.41, 5.74) is -0.411. The fraction of sp³-hybridized carbons (Fsp3) is 0.500. The molecule has 76 valence electrons. The van der Waals surface area contributed by atoms with Gasteiger partial charge in [0.25, 0.3) is 0 Å². The summed E-state index contributed by atoms with van der Waals surface area (Å²) in [6, 6.07) is 1.78. The van der Waals surface area contributed by atoms with Gasteiger partial charge in [0.2, 0.25) is 0 Å². The quantitative estimate of drug-likeness (QED) is 0.743. The molecule has 4 nitrogen and oxygen atoms in total. The number of hydrogen-bond acceptors (Lipinski definition) is 3. The first-order chi connectivity index (χ1) is 6.54. The highest BCUT2D eigenvalue weighted by atomic mass is 16.4. The minimum absolute atomic E-state index is 0.103. The number of hydrogen-bond donors (Lipinski definition) is 2. The van der Waals surface area contributed by atoms with Crippen LogP contribution in [0.15, 0.2) is 16.7 Å². The third kappa shape index (κ3) is 1.14.